The maximum atomic E-state index is 3.84. The van der Waals surface area contributed by atoms with Gasteiger partial charge in [-0.3, -0.25) is 0 Å². The molecule has 0 aliphatic heterocycles. The molecule has 0 saturated heterocycles. The number of allylic oxidation sites excluding steroid dienone is 1. The highest BCUT2D eigenvalue weighted by Crippen LogP contribution is 2.24. The molecule has 0 unspecified atom stereocenters. The third-order valence-electron chi connectivity index (χ3n) is 2.14. The minimum absolute atomic E-state index is 0.249. The van der Waals surface area contributed by atoms with Gasteiger partial charge < -0.3 is 0 Å². The Hall–Kier alpha value is -0.690. The average molecular weight is 206 g/mol. The predicted molar refractivity (Wildman–Crippen MR) is 66.6 cm³/mol. The minimum Gasteiger partial charge on any atom is -0.156 e. The fraction of sp³-hybridized carbons (Fsp3) is 0.385. The molecule has 1 rings (SSSR count). The zero-order valence-corrected chi connectivity index (χ0v) is 9.81. The molecular formula is C13H18S. The molecule has 14 heavy (non-hydrogen) atoms. The Bertz CT molecular complexity index is 275. The first-order valence-corrected chi connectivity index (χ1v) is 6.05. The molecule has 0 N–H and O–H groups in total. The van der Waals surface area contributed by atoms with Gasteiger partial charge in [-0.1, -0.05) is 50.3 Å². The van der Waals surface area contributed by atoms with Crippen LogP contribution in [0.1, 0.15) is 19.4 Å². The quantitative estimate of drug-likeness (QED) is 0.653. The Kier molecular flexibility index (Phi) is 4.27. The van der Waals surface area contributed by atoms with Gasteiger partial charge in [0.2, 0.25) is 0 Å². The van der Waals surface area contributed by atoms with Crippen molar-refractivity contribution in [3.63, 3.8) is 0 Å². The van der Waals surface area contributed by atoms with Crippen LogP contribution in [0, 0.1) is 5.41 Å². The lowest BCUT2D eigenvalue weighted by Gasteiger charge is -2.18. The third-order valence-corrected chi connectivity index (χ3v) is 3.62. The van der Waals surface area contributed by atoms with E-state index in [0.29, 0.717) is 0 Å². The molecule has 0 heterocycles. The van der Waals surface area contributed by atoms with Crippen LogP contribution >= 0.6 is 11.8 Å². The first-order chi connectivity index (χ1) is 6.64. The molecule has 0 aliphatic rings. The van der Waals surface area contributed by atoms with Crippen molar-refractivity contribution in [2.75, 3.05) is 5.75 Å². The molecule has 0 radical (unpaired) electrons. The first kappa shape index (κ1) is 11.4. The first-order valence-electron chi connectivity index (χ1n) is 4.89. The van der Waals surface area contributed by atoms with Gasteiger partial charge in [0.1, 0.15) is 0 Å². The van der Waals surface area contributed by atoms with Gasteiger partial charge in [0.05, 0.1) is 0 Å². The van der Waals surface area contributed by atoms with E-state index in [0.717, 1.165) is 11.5 Å². The van der Waals surface area contributed by atoms with Crippen LogP contribution < -0.4 is 0 Å². The van der Waals surface area contributed by atoms with E-state index in [4.69, 9.17) is 0 Å². The topological polar surface area (TPSA) is 0 Å². The van der Waals surface area contributed by atoms with E-state index in [-0.39, 0.29) is 5.41 Å². The van der Waals surface area contributed by atoms with Gasteiger partial charge in [0.15, 0.2) is 0 Å². The van der Waals surface area contributed by atoms with Crippen LogP contribution in [0.15, 0.2) is 43.0 Å². The van der Waals surface area contributed by atoms with Gasteiger partial charge >= 0.3 is 0 Å². The van der Waals surface area contributed by atoms with Crippen LogP contribution in [0.3, 0.4) is 0 Å². The van der Waals surface area contributed by atoms with Crippen molar-refractivity contribution < 1.29 is 0 Å². The average Bonchev–Trinajstić information content (AvgIpc) is 2.19. The Labute approximate surface area is 91.4 Å². The highest BCUT2D eigenvalue weighted by Gasteiger charge is 2.12. The van der Waals surface area contributed by atoms with Gasteiger partial charge in [-0.15, -0.1) is 6.58 Å². The van der Waals surface area contributed by atoms with Crippen LogP contribution in [0.4, 0.5) is 0 Å². The van der Waals surface area contributed by atoms with Crippen molar-refractivity contribution in [2.45, 2.75) is 19.6 Å². The fourth-order valence-electron chi connectivity index (χ4n) is 1.07. The maximum absolute atomic E-state index is 3.84. The monoisotopic (exact) mass is 206 g/mol. The molecule has 0 aliphatic carbocycles. The summed E-state index contributed by atoms with van der Waals surface area (Å²) in [6.45, 7) is 8.29. The summed E-state index contributed by atoms with van der Waals surface area (Å²) in [5.41, 5.74) is 1.65. The van der Waals surface area contributed by atoms with E-state index >= 15 is 0 Å². The summed E-state index contributed by atoms with van der Waals surface area (Å²) in [5.74, 6) is 2.23. The molecule has 1 aromatic carbocycles. The maximum Gasteiger partial charge on any atom is 0.0184 e. The Morgan fingerprint density at radius 2 is 1.93 bits per heavy atom. The molecule has 0 aromatic heterocycles. The minimum atomic E-state index is 0.249. The molecule has 0 nitrogen and oxygen atoms in total. The lowest BCUT2D eigenvalue weighted by Crippen LogP contribution is -2.10. The van der Waals surface area contributed by atoms with Crippen LogP contribution in [0.2, 0.25) is 0 Å². The number of thioether (sulfide) groups is 1. The lowest BCUT2D eigenvalue weighted by atomic mass is 9.97. The van der Waals surface area contributed by atoms with Crippen LogP contribution in [-0.4, -0.2) is 5.75 Å². The SMILES string of the molecule is C=CC(C)(C)CSCc1ccccc1. The molecule has 0 bridgehead atoms. The molecule has 0 saturated carbocycles. The van der Waals surface area contributed by atoms with Gasteiger partial charge in [-0.05, 0) is 11.0 Å². The number of rotatable bonds is 5. The summed E-state index contributed by atoms with van der Waals surface area (Å²) in [6.07, 6.45) is 2.03. The van der Waals surface area contributed by atoms with Crippen LogP contribution in [0.25, 0.3) is 0 Å². The van der Waals surface area contributed by atoms with Gasteiger partial charge in [0, 0.05) is 11.5 Å². The van der Waals surface area contributed by atoms with E-state index in [1.807, 2.05) is 17.8 Å². The summed E-state index contributed by atoms with van der Waals surface area (Å²) in [4.78, 5) is 0. The standard InChI is InChI=1S/C13H18S/c1-4-13(2,3)11-14-10-12-8-6-5-7-9-12/h4-9H,1,10-11H2,2-3H3. The molecule has 1 aromatic rings. The largest absolute Gasteiger partial charge is 0.156 e. The van der Waals surface area contributed by atoms with E-state index in [2.05, 4.69) is 50.8 Å². The molecule has 0 amide bonds. The molecule has 0 fully saturated rings. The molecule has 76 valence electrons. The number of hydrogen-bond donors (Lipinski definition) is 0. The molecule has 1 heteroatoms. The van der Waals surface area contributed by atoms with Crippen molar-refractivity contribution >= 4 is 11.8 Å². The van der Waals surface area contributed by atoms with E-state index in [1.165, 1.54) is 5.56 Å². The highest BCUT2D eigenvalue weighted by atomic mass is 32.2. The predicted octanol–water partition coefficient (Wildman–Crippen LogP) is 4.13. The second-order valence-electron chi connectivity index (χ2n) is 4.17. The summed E-state index contributed by atoms with van der Waals surface area (Å²) in [6, 6.07) is 10.6. The Morgan fingerprint density at radius 3 is 2.50 bits per heavy atom. The number of benzene rings is 1. The number of hydrogen-bond acceptors (Lipinski definition) is 1. The summed E-state index contributed by atoms with van der Waals surface area (Å²) in [7, 11) is 0. The Balaban J connectivity index is 2.32. The van der Waals surface area contributed by atoms with Crippen molar-refractivity contribution in [3.05, 3.63) is 48.6 Å². The Morgan fingerprint density at radius 1 is 1.29 bits per heavy atom. The van der Waals surface area contributed by atoms with E-state index < -0.39 is 0 Å². The highest BCUT2D eigenvalue weighted by molar-refractivity contribution is 7.98. The van der Waals surface area contributed by atoms with Gasteiger partial charge in [-0.25, -0.2) is 0 Å². The van der Waals surface area contributed by atoms with Crippen molar-refractivity contribution in [3.8, 4) is 0 Å². The van der Waals surface area contributed by atoms with E-state index in [1.54, 1.807) is 0 Å². The second kappa shape index (κ2) is 5.26. The van der Waals surface area contributed by atoms with Gasteiger partial charge in [0.25, 0.3) is 0 Å². The normalized spacial score (nSPS) is 11.3. The van der Waals surface area contributed by atoms with E-state index in [9.17, 15) is 0 Å². The molecule has 0 atom stereocenters. The summed E-state index contributed by atoms with van der Waals surface area (Å²) >= 11 is 1.97. The van der Waals surface area contributed by atoms with Crippen molar-refractivity contribution in [1.29, 1.82) is 0 Å². The molecule has 0 spiro atoms. The molecular weight excluding hydrogens is 188 g/mol. The van der Waals surface area contributed by atoms with Crippen LogP contribution in [0.5, 0.6) is 0 Å². The fourth-order valence-corrected chi connectivity index (χ4v) is 2.24. The summed E-state index contributed by atoms with van der Waals surface area (Å²) < 4.78 is 0. The van der Waals surface area contributed by atoms with Crippen molar-refractivity contribution in [2.24, 2.45) is 5.41 Å². The van der Waals surface area contributed by atoms with Gasteiger partial charge in [-0.2, -0.15) is 11.8 Å². The third kappa shape index (κ3) is 4.01. The smallest absolute Gasteiger partial charge is 0.0184 e. The van der Waals surface area contributed by atoms with Crippen LogP contribution in [-0.2, 0) is 5.75 Å². The lowest BCUT2D eigenvalue weighted by molar-refractivity contribution is 0.558. The summed E-state index contributed by atoms with van der Waals surface area (Å²) in [5, 5.41) is 0. The zero-order chi connectivity index (χ0) is 10.4. The van der Waals surface area contributed by atoms with Crippen molar-refractivity contribution in [1.82, 2.24) is 0 Å². The second-order valence-corrected chi connectivity index (χ2v) is 5.16. The zero-order valence-electron chi connectivity index (χ0n) is 8.99.